The summed E-state index contributed by atoms with van der Waals surface area (Å²) in [5, 5.41) is 3.52. The molecule has 0 aromatic heterocycles. The number of hydrogen-bond donors (Lipinski definition) is 1. The molecule has 12 heavy (non-hydrogen) atoms. The Morgan fingerprint density at radius 3 is 2.25 bits per heavy atom. The van der Waals surface area contributed by atoms with E-state index in [-0.39, 0.29) is 0 Å². The van der Waals surface area contributed by atoms with Gasteiger partial charge in [0.05, 0.1) is 0 Å². The molecule has 0 saturated carbocycles. The summed E-state index contributed by atoms with van der Waals surface area (Å²) in [6, 6.07) is 11.1. The van der Waals surface area contributed by atoms with Crippen molar-refractivity contribution in [3.63, 3.8) is 0 Å². The molecule has 1 rings (SSSR count). The van der Waals surface area contributed by atoms with Crippen LogP contribution in [0.5, 0.6) is 0 Å². The van der Waals surface area contributed by atoms with Gasteiger partial charge in [0.15, 0.2) is 0 Å². The van der Waals surface area contributed by atoms with Gasteiger partial charge in [-0.15, -0.1) is 0 Å². The van der Waals surface area contributed by atoms with Gasteiger partial charge in [0, 0.05) is 6.04 Å². The molecule has 0 bridgehead atoms. The highest BCUT2D eigenvalue weighted by Crippen LogP contribution is 2.10. The zero-order chi connectivity index (χ0) is 8.97. The molecule has 2 unspecified atom stereocenters. The normalized spacial score (nSPS) is 15.5. The molecular weight excluding hydrogens is 161 g/mol. The zero-order valence-electron chi connectivity index (χ0n) is 8.04. The highest BCUT2D eigenvalue weighted by Gasteiger charge is 2.04. The number of hydrogen-bond acceptors (Lipinski definition) is 1. The van der Waals surface area contributed by atoms with Crippen LogP contribution in [0.2, 0.25) is 0 Å². The van der Waals surface area contributed by atoms with Crippen LogP contribution in [0.15, 0.2) is 30.3 Å². The van der Waals surface area contributed by atoms with Crippen LogP contribution in [-0.2, 0) is 0 Å². The molecule has 1 N–H and O–H groups in total. The minimum absolute atomic E-state index is 0.485. The van der Waals surface area contributed by atoms with Crippen LogP contribution >= 0.6 is 0 Å². The summed E-state index contributed by atoms with van der Waals surface area (Å²) in [5.74, 6) is 0. The molecule has 0 aliphatic rings. The van der Waals surface area contributed by atoms with Crippen LogP contribution in [0.3, 0.4) is 0 Å². The fraction of sp³-hybridized carbons (Fsp3) is 0.400. The topological polar surface area (TPSA) is 12.0 Å². The first-order valence-electron chi connectivity index (χ1n) is 4.51. The van der Waals surface area contributed by atoms with Crippen molar-refractivity contribution in [3.05, 3.63) is 35.9 Å². The van der Waals surface area contributed by atoms with Crippen LogP contribution in [0.4, 0.5) is 0 Å². The van der Waals surface area contributed by atoms with Gasteiger partial charge < -0.3 is 5.32 Å². The van der Waals surface area contributed by atoms with E-state index in [1.807, 2.05) is 0 Å². The Hall–Kier alpha value is -0.288. The standard InChI is InChI=1S/C10H14N.Al.2H/c1-3-11-9(2)10-7-5-4-6-8-10;;;/h3-9,11H,1-2H3;;;. The predicted octanol–water partition coefficient (Wildman–Crippen LogP) is 1.32. The number of benzene rings is 1. The fourth-order valence-electron chi connectivity index (χ4n) is 1.34. The molecule has 0 amide bonds. The SMILES string of the molecule is C[CH]([AlH2])NC(C)c1ccccc1. The Balaban J connectivity index is 2.59. The molecule has 2 atom stereocenters. The van der Waals surface area contributed by atoms with Gasteiger partial charge in [-0.25, -0.2) is 0 Å². The van der Waals surface area contributed by atoms with Crippen molar-refractivity contribution in [2.45, 2.75) is 24.8 Å². The molecule has 64 valence electrons. The average molecular weight is 177 g/mol. The van der Waals surface area contributed by atoms with Gasteiger partial charge in [0.25, 0.3) is 0 Å². The zero-order valence-corrected chi connectivity index (χ0v) is 10.0. The monoisotopic (exact) mass is 177 g/mol. The Morgan fingerprint density at radius 1 is 1.17 bits per heavy atom. The third-order valence-corrected chi connectivity index (χ3v) is 2.22. The molecule has 2 heteroatoms. The quantitative estimate of drug-likeness (QED) is 0.686. The van der Waals surface area contributed by atoms with E-state index in [0.717, 1.165) is 0 Å². The Kier molecular flexibility index (Phi) is 3.81. The minimum Gasteiger partial charge on any atom is -0.322 e. The van der Waals surface area contributed by atoms with E-state index in [9.17, 15) is 0 Å². The molecule has 0 radical (unpaired) electrons. The summed E-state index contributed by atoms with van der Waals surface area (Å²) in [6.45, 7) is 4.44. The van der Waals surface area contributed by atoms with E-state index in [1.54, 1.807) is 0 Å². The van der Waals surface area contributed by atoms with Gasteiger partial charge >= 0.3 is 0 Å². The summed E-state index contributed by atoms with van der Waals surface area (Å²) in [7, 11) is 0. The lowest BCUT2D eigenvalue weighted by Crippen LogP contribution is -2.28. The van der Waals surface area contributed by atoms with E-state index in [0.29, 0.717) is 10.9 Å². The maximum absolute atomic E-state index is 3.52. The summed E-state index contributed by atoms with van der Waals surface area (Å²) in [4.78, 5) is 0.681. The lowest BCUT2D eigenvalue weighted by atomic mass is 10.1. The summed E-state index contributed by atoms with van der Waals surface area (Å²) in [5.41, 5.74) is 1.38. The fourth-order valence-corrected chi connectivity index (χ4v) is 1.84. The average Bonchev–Trinajstić information content (AvgIpc) is 2.05. The first-order valence-corrected chi connectivity index (χ1v) is 5.66. The van der Waals surface area contributed by atoms with Crippen molar-refractivity contribution in [3.8, 4) is 0 Å². The molecule has 0 fully saturated rings. The maximum Gasteiger partial charge on any atom is 0.238 e. The second kappa shape index (κ2) is 4.67. The lowest BCUT2D eigenvalue weighted by molar-refractivity contribution is 0.566. The van der Waals surface area contributed by atoms with Gasteiger partial charge in [-0.2, -0.15) is 0 Å². The van der Waals surface area contributed by atoms with Crippen molar-refractivity contribution >= 4 is 16.3 Å². The Bertz CT molecular complexity index is 221. The smallest absolute Gasteiger partial charge is 0.238 e. The molecule has 1 nitrogen and oxygen atoms in total. The van der Waals surface area contributed by atoms with E-state index in [4.69, 9.17) is 0 Å². The number of rotatable bonds is 3. The molecule has 0 heterocycles. The molecule has 0 aliphatic carbocycles. The highest BCUT2D eigenvalue weighted by atomic mass is 27.0. The van der Waals surface area contributed by atoms with Gasteiger partial charge in [-0.1, -0.05) is 42.2 Å². The van der Waals surface area contributed by atoms with Gasteiger partial charge in [-0.05, 0) is 12.5 Å². The van der Waals surface area contributed by atoms with Gasteiger partial charge in [0.2, 0.25) is 16.3 Å². The van der Waals surface area contributed by atoms with Gasteiger partial charge in [-0.3, -0.25) is 0 Å². The minimum atomic E-state index is 0.485. The molecule has 1 aromatic carbocycles. The molecular formula is C10H16AlN. The molecule has 0 spiro atoms. The van der Waals surface area contributed by atoms with Crippen LogP contribution in [0.1, 0.15) is 25.5 Å². The molecule has 1 aromatic rings. The van der Waals surface area contributed by atoms with Crippen molar-refractivity contribution in [1.82, 2.24) is 5.32 Å². The van der Waals surface area contributed by atoms with E-state index >= 15 is 0 Å². The van der Waals surface area contributed by atoms with Crippen molar-refractivity contribution in [2.24, 2.45) is 0 Å². The predicted molar refractivity (Wildman–Crippen MR) is 56.0 cm³/mol. The highest BCUT2D eigenvalue weighted by molar-refractivity contribution is 6.11. The molecule has 0 aliphatic heterocycles. The van der Waals surface area contributed by atoms with Crippen LogP contribution in [0.25, 0.3) is 0 Å². The first kappa shape index (κ1) is 9.80. The summed E-state index contributed by atoms with van der Waals surface area (Å²) < 4.78 is 0. The Morgan fingerprint density at radius 2 is 1.75 bits per heavy atom. The molecule has 0 saturated heterocycles. The van der Waals surface area contributed by atoms with Crippen molar-refractivity contribution in [2.75, 3.05) is 0 Å². The second-order valence-electron chi connectivity index (χ2n) is 3.45. The second-order valence-corrected chi connectivity index (χ2v) is 5.19. The van der Waals surface area contributed by atoms with E-state index in [1.165, 1.54) is 21.9 Å². The summed E-state index contributed by atoms with van der Waals surface area (Å²) >= 11 is 1.21. The largest absolute Gasteiger partial charge is 0.322 e. The van der Waals surface area contributed by atoms with Crippen LogP contribution in [-0.4, -0.2) is 21.2 Å². The van der Waals surface area contributed by atoms with E-state index in [2.05, 4.69) is 49.5 Å². The number of nitrogens with one attached hydrogen (secondary N) is 1. The van der Waals surface area contributed by atoms with Crippen molar-refractivity contribution < 1.29 is 0 Å². The van der Waals surface area contributed by atoms with Crippen LogP contribution in [0, 0.1) is 0 Å². The lowest BCUT2D eigenvalue weighted by Gasteiger charge is -2.17. The Labute approximate surface area is 82.6 Å². The van der Waals surface area contributed by atoms with Crippen molar-refractivity contribution in [1.29, 1.82) is 0 Å². The first-order chi connectivity index (χ1) is 5.70. The van der Waals surface area contributed by atoms with Gasteiger partial charge in [0.1, 0.15) is 0 Å². The van der Waals surface area contributed by atoms with E-state index < -0.39 is 0 Å². The maximum atomic E-state index is 3.52. The van der Waals surface area contributed by atoms with Crippen LogP contribution < -0.4 is 5.32 Å². The third kappa shape index (κ3) is 2.99. The third-order valence-electron chi connectivity index (χ3n) is 1.88. The summed E-state index contributed by atoms with van der Waals surface area (Å²) in [6.07, 6.45) is 0.